The molecule has 0 aromatic heterocycles. The van der Waals surface area contributed by atoms with E-state index in [9.17, 15) is 34.9 Å². The molecule has 33 heavy (non-hydrogen) atoms. The predicted molar refractivity (Wildman–Crippen MR) is 111 cm³/mol. The maximum atomic E-state index is 12.4. The third-order valence-electron chi connectivity index (χ3n) is 6.63. The average Bonchev–Trinajstić information content (AvgIpc) is 2.78. The lowest BCUT2D eigenvalue weighted by Gasteiger charge is -2.31. The van der Waals surface area contributed by atoms with Crippen molar-refractivity contribution in [2.45, 2.75) is 57.0 Å². The van der Waals surface area contributed by atoms with Crippen LogP contribution in [0.2, 0.25) is 0 Å². The molecule has 2 aliphatic rings. The minimum Gasteiger partial charge on any atom is -0.481 e. The molecule has 0 bridgehead atoms. The molecule has 2 saturated carbocycles. The summed E-state index contributed by atoms with van der Waals surface area (Å²) in [5, 5.41) is 42.8. The monoisotopic (exact) mass is 476 g/mol. The molecule has 0 radical (unpaired) electrons. The maximum absolute atomic E-state index is 12.4. The van der Waals surface area contributed by atoms with Crippen LogP contribution in [0.25, 0.3) is 0 Å². The molecule has 0 aromatic carbocycles. The number of nitrogens with zero attached hydrogens (tertiary/aromatic N) is 2. The van der Waals surface area contributed by atoms with Crippen molar-refractivity contribution in [2.24, 2.45) is 23.7 Å². The number of carbonyl (C=O) groups is 2. The summed E-state index contributed by atoms with van der Waals surface area (Å²) in [5.74, 6) is -3.71. The molecule has 0 heterocycles. The highest BCUT2D eigenvalue weighted by atomic mass is 17.1. The van der Waals surface area contributed by atoms with E-state index in [4.69, 9.17) is 10.1 Å². The molecule has 0 aromatic rings. The normalized spacial score (nSPS) is 29.8. The first-order chi connectivity index (χ1) is 15.7. The summed E-state index contributed by atoms with van der Waals surface area (Å²) >= 11 is 0. The molecule has 14 heteroatoms. The number of carboxylic acids is 1. The van der Waals surface area contributed by atoms with Crippen LogP contribution in [0.4, 0.5) is 0 Å². The largest absolute Gasteiger partial charge is 0.481 e. The average molecular weight is 476 g/mol. The van der Waals surface area contributed by atoms with Crippen LogP contribution < -0.4 is 10.8 Å². The van der Waals surface area contributed by atoms with Crippen LogP contribution in [0.1, 0.15) is 44.9 Å². The van der Waals surface area contributed by atoms with Crippen LogP contribution in [0.5, 0.6) is 0 Å². The van der Waals surface area contributed by atoms with Crippen molar-refractivity contribution in [3.8, 4) is 0 Å². The smallest absolute Gasteiger partial charge is 0.307 e. The van der Waals surface area contributed by atoms with Crippen LogP contribution in [0, 0.1) is 43.9 Å². The van der Waals surface area contributed by atoms with E-state index in [0.717, 1.165) is 0 Å². The molecular weight excluding hydrogens is 444 g/mol. The van der Waals surface area contributed by atoms with Crippen molar-refractivity contribution in [3.05, 3.63) is 20.2 Å². The number of nitrogens with one attached hydrogen (secondary N) is 2. The summed E-state index contributed by atoms with van der Waals surface area (Å²) in [4.78, 5) is 54.8. The van der Waals surface area contributed by atoms with Gasteiger partial charge in [0.25, 0.3) is 0 Å². The van der Waals surface area contributed by atoms with Gasteiger partial charge in [-0.25, -0.2) is 10.4 Å². The summed E-state index contributed by atoms with van der Waals surface area (Å²) in [6.07, 6.45) is 1.91. The molecule has 0 aliphatic heterocycles. The van der Waals surface area contributed by atoms with E-state index >= 15 is 0 Å². The molecule has 4 N–H and O–H groups in total. The summed E-state index contributed by atoms with van der Waals surface area (Å²) in [7, 11) is 0. The number of rotatable bonds is 13. The van der Waals surface area contributed by atoms with E-state index in [1.807, 2.05) is 0 Å². The van der Waals surface area contributed by atoms with Crippen molar-refractivity contribution >= 4 is 11.9 Å². The molecule has 6 unspecified atom stereocenters. The number of carboxylic acid groups (broad SMARTS) is 1. The van der Waals surface area contributed by atoms with Gasteiger partial charge in [-0.2, -0.15) is 0 Å². The van der Waals surface area contributed by atoms with Gasteiger partial charge >= 0.3 is 5.97 Å². The van der Waals surface area contributed by atoms with E-state index in [1.54, 1.807) is 0 Å². The highest BCUT2D eigenvalue weighted by Crippen LogP contribution is 2.33. The highest BCUT2D eigenvalue weighted by molar-refractivity contribution is 5.84. The number of nitro groups is 2. The van der Waals surface area contributed by atoms with E-state index in [0.29, 0.717) is 32.2 Å². The third kappa shape index (κ3) is 8.14. The summed E-state index contributed by atoms with van der Waals surface area (Å²) < 4.78 is 0. The van der Waals surface area contributed by atoms with E-state index in [-0.39, 0.29) is 55.8 Å². The van der Waals surface area contributed by atoms with Gasteiger partial charge in [-0.15, -0.1) is 0 Å². The van der Waals surface area contributed by atoms with Crippen LogP contribution in [-0.4, -0.2) is 70.5 Å². The lowest BCUT2D eigenvalue weighted by Crippen LogP contribution is -2.45. The first kappa shape index (κ1) is 26.8. The fourth-order valence-corrected chi connectivity index (χ4v) is 4.68. The predicted octanol–water partition coefficient (Wildman–Crippen LogP) is 0.711. The molecule has 0 spiro atoms. The number of aliphatic carboxylic acids is 1. The number of carbonyl (C=O) groups excluding carboxylic acids is 1. The van der Waals surface area contributed by atoms with Gasteiger partial charge in [-0.05, 0) is 31.1 Å². The lowest BCUT2D eigenvalue weighted by molar-refractivity contribution is -0.529. The zero-order valence-corrected chi connectivity index (χ0v) is 18.3. The van der Waals surface area contributed by atoms with E-state index < -0.39 is 40.7 Å². The van der Waals surface area contributed by atoms with Gasteiger partial charge in [0.2, 0.25) is 18.0 Å². The van der Waals surface area contributed by atoms with Crippen LogP contribution >= 0.6 is 0 Å². The van der Waals surface area contributed by atoms with Crippen LogP contribution in [0.15, 0.2) is 0 Å². The molecular formula is C19H32N4O10. The number of amides is 1. The van der Waals surface area contributed by atoms with Crippen molar-refractivity contribution in [1.82, 2.24) is 10.8 Å². The van der Waals surface area contributed by atoms with Gasteiger partial charge < -0.3 is 15.3 Å². The van der Waals surface area contributed by atoms with Crippen molar-refractivity contribution in [1.29, 1.82) is 0 Å². The lowest BCUT2D eigenvalue weighted by atomic mass is 9.76. The number of hydrogen-bond acceptors (Lipinski definition) is 10. The molecule has 0 saturated heterocycles. The topological polar surface area (TPSA) is 203 Å². The fraction of sp³-hybridized carbons (Fsp3) is 0.895. The second-order valence-corrected chi connectivity index (χ2v) is 8.72. The maximum Gasteiger partial charge on any atom is 0.307 e. The summed E-state index contributed by atoms with van der Waals surface area (Å²) in [6.45, 7) is 0.877. The Morgan fingerprint density at radius 3 is 2.21 bits per heavy atom. The van der Waals surface area contributed by atoms with Crippen LogP contribution in [0.3, 0.4) is 0 Å². The summed E-state index contributed by atoms with van der Waals surface area (Å²) in [6, 6.07) is -1.56. The molecule has 188 valence electrons. The molecule has 14 nitrogen and oxygen atoms in total. The highest BCUT2D eigenvalue weighted by Gasteiger charge is 2.43. The molecule has 2 rings (SSSR count). The minimum atomic E-state index is -1.13. The quantitative estimate of drug-likeness (QED) is 0.126. The Labute approximate surface area is 190 Å². The third-order valence-corrected chi connectivity index (χ3v) is 6.63. The first-order valence-corrected chi connectivity index (χ1v) is 11.1. The van der Waals surface area contributed by atoms with Gasteiger partial charge in [0.15, 0.2) is 0 Å². The minimum absolute atomic E-state index is 0.0482. The molecule has 2 fully saturated rings. The Bertz CT molecular complexity index is 693. The number of hydroxylamine groups is 1. The first-order valence-electron chi connectivity index (χ1n) is 11.1. The molecule has 1 amide bonds. The van der Waals surface area contributed by atoms with E-state index in [1.165, 1.54) is 0 Å². The Hall–Kier alpha value is -2.42. The van der Waals surface area contributed by atoms with Crippen molar-refractivity contribution < 1.29 is 39.5 Å². The van der Waals surface area contributed by atoms with Gasteiger partial charge in [-0.1, -0.05) is 0 Å². The van der Waals surface area contributed by atoms with E-state index in [2.05, 4.69) is 15.7 Å². The SMILES string of the molecule is O=C(O)C1CCC([N+](=O)[O-])CC1C(=O)NCCCNOCC1CC([N+](=O)[O-])CCC1COO. The zero-order chi connectivity index (χ0) is 24.4. The van der Waals surface area contributed by atoms with Crippen molar-refractivity contribution in [3.63, 3.8) is 0 Å². The Morgan fingerprint density at radius 1 is 0.909 bits per heavy atom. The van der Waals surface area contributed by atoms with Gasteiger partial charge in [0, 0.05) is 48.6 Å². The second kappa shape index (κ2) is 13.3. The fourth-order valence-electron chi connectivity index (χ4n) is 4.68. The Balaban J connectivity index is 1.68. The standard InChI is InChI=1S/C19H32N4O10/c24-18(17-9-15(23(29)30)4-5-16(17)19(25)26)20-6-1-7-21-32-10-13-8-14(22(27)28)3-2-12(13)11-33-31/h12-17,21,31H,1-11H2,(H,20,24)(H,25,26). The summed E-state index contributed by atoms with van der Waals surface area (Å²) in [5.41, 5.74) is 2.73. The zero-order valence-electron chi connectivity index (χ0n) is 18.3. The van der Waals surface area contributed by atoms with Gasteiger partial charge in [-0.3, -0.25) is 35.1 Å². The van der Waals surface area contributed by atoms with Gasteiger partial charge in [0.1, 0.15) is 0 Å². The second-order valence-electron chi connectivity index (χ2n) is 8.72. The van der Waals surface area contributed by atoms with Crippen molar-refractivity contribution in [2.75, 3.05) is 26.3 Å². The van der Waals surface area contributed by atoms with Gasteiger partial charge in [0.05, 0.1) is 25.0 Å². The Kier molecular flexibility index (Phi) is 10.8. The molecule has 2 aliphatic carbocycles. The number of hydrogen-bond donors (Lipinski definition) is 4. The van der Waals surface area contributed by atoms with Crippen LogP contribution in [-0.2, 0) is 19.3 Å². The molecule has 6 atom stereocenters. The Morgan fingerprint density at radius 2 is 1.58 bits per heavy atom.